The number of rotatable bonds is 3. The number of thiazole rings is 1. The number of hydrogen-bond acceptors (Lipinski definition) is 4. The van der Waals surface area contributed by atoms with Gasteiger partial charge in [0.2, 0.25) is 0 Å². The highest BCUT2D eigenvalue weighted by Gasteiger charge is 2.10. The molecular formula is C12H12BrNO2S. The van der Waals surface area contributed by atoms with Crippen LogP contribution in [0.2, 0.25) is 0 Å². The Balaban J connectivity index is 2.36. The average Bonchev–Trinajstić information content (AvgIpc) is 2.78. The Morgan fingerprint density at radius 2 is 2.24 bits per heavy atom. The predicted molar refractivity (Wildman–Crippen MR) is 72.4 cm³/mol. The molecule has 3 nitrogen and oxygen atoms in total. The lowest BCUT2D eigenvalue weighted by Crippen LogP contribution is -1.90. The highest BCUT2D eigenvalue weighted by molar-refractivity contribution is 9.10. The maximum Gasteiger partial charge on any atom is 0.133 e. The van der Waals surface area contributed by atoms with Crippen LogP contribution < -0.4 is 4.74 Å². The molecule has 0 bridgehead atoms. The van der Waals surface area contributed by atoms with E-state index >= 15 is 0 Å². The van der Waals surface area contributed by atoms with Gasteiger partial charge in [-0.05, 0) is 41.1 Å². The number of methoxy groups -OCH3 is 1. The van der Waals surface area contributed by atoms with Crippen LogP contribution in [0.5, 0.6) is 5.75 Å². The molecule has 1 aromatic carbocycles. The van der Waals surface area contributed by atoms with E-state index in [0.29, 0.717) is 5.69 Å². The van der Waals surface area contributed by atoms with Crippen molar-refractivity contribution in [3.63, 3.8) is 0 Å². The first-order valence-corrected chi connectivity index (χ1v) is 6.76. The van der Waals surface area contributed by atoms with Crippen molar-refractivity contribution in [3.05, 3.63) is 33.7 Å². The summed E-state index contributed by atoms with van der Waals surface area (Å²) in [5.41, 5.74) is 1.71. The third-order valence-corrected chi connectivity index (χ3v) is 3.88. The summed E-state index contributed by atoms with van der Waals surface area (Å²) in [7, 11) is 1.63. The van der Waals surface area contributed by atoms with Crippen LogP contribution in [0.3, 0.4) is 0 Å². The monoisotopic (exact) mass is 313 g/mol. The van der Waals surface area contributed by atoms with E-state index in [1.54, 1.807) is 14.0 Å². The van der Waals surface area contributed by atoms with E-state index in [1.165, 1.54) is 11.3 Å². The van der Waals surface area contributed by atoms with Gasteiger partial charge in [0, 0.05) is 10.9 Å². The summed E-state index contributed by atoms with van der Waals surface area (Å²) >= 11 is 4.96. The zero-order chi connectivity index (χ0) is 12.4. The second-order valence-corrected chi connectivity index (χ2v) is 5.32. The number of nitrogens with zero attached hydrogens (tertiary/aromatic N) is 1. The molecule has 1 aromatic heterocycles. The molecule has 1 N–H and O–H groups in total. The van der Waals surface area contributed by atoms with Gasteiger partial charge in [-0.2, -0.15) is 0 Å². The molecule has 0 spiro atoms. The van der Waals surface area contributed by atoms with Crippen molar-refractivity contribution in [1.82, 2.24) is 4.98 Å². The van der Waals surface area contributed by atoms with Crippen LogP contribution >= 0.6 is 27.3 Å². The Hall–Kier alpha value is -0.910. The van der Waals surface area contributed by atoms with Crippen molar-refractivity contribution >= 4 is 27.3 Å². The molecule has 0 aliphatic rings. The van der Waals surface area contributed by atoms with Crippen molar-refractivity contribution < 1.29 is 9.84 Å². The van der Waals surface area contributed by atoms with Crippen LogP contribution in [0.15, 0.2) is 28.1 Å². The van der Waals surface area contributed by atoms with Gasteiger partial charge in [-0.3, -0.25) is 0 Å². The van der Waals surface area contributed by atoms with Gasteiger partial charge in [0.25, 0.3) is 0 Å². The van der Waals surface area contributed by atoms with Crippen LogP contribution in [0, 0.1) is 0 Å². The van der Waals surface area contributed by atoms with E-state index in [1.807, 2.05) is 23.6 Å². The number of hydrogen-bond donors (Lipinski definition) is 1. The first-order chi connectivity index (χ1) is 8.11. The zero-order valence-corrected chi connectivity index (χ0v) is 11.9. The van der Waals surface area contributed by atoms with E-state index in [-0.39, 0.29) is 0 Å². The predicted octanol–water partition coefficient (Wildman–Crippen LogP) is 3.63. The number of aliphatic hydroxyl groups excluding tert-OH is 1. The van der Waals surface area contributed by atoms with Gasteiger partial charge in [-0.15, -0.1) is 11.3 Å². The lowest BCUT2D eigenvalue weighted by Gasteiger charge is -2.04. The van der Waals surface area contributed by atoms with Crippen molar-refractivity contribution in [2.75, 3.05) is 7.11 Å². The maximum atomic E-state index is 9.44. The topological polar surface area (TPSA) is 42.4 Å². The van der Waals surface area contributed by atoms with Crippen LogP contribution in [0.1, 0.15) is 18.7 Å². The van der Waals surface area contributed by atoms with Gasteiger partial charge in [-0.1, -0.05) is 0 Å². The molecule has 2 rings (SSSR count). The summed E-state index contributed by atoms with van der Waals surface area (Å²) in [4.78, 5) is 4.38. The molecule has 0 aliphatic carbocycles. The SMILES string of the molecule is COc1ccc(-c2nc(C(C)O)cs2)cc1Br. The smallest absolute Gasteiger partial charge is 0.133 e. The van der Waals surface area contributed by atoms with Crippen molar-refractivity contribution in [3.8, 4) is 16.3 Å². The first-order valence-electron chi connectivity index (χ1n) is 5.09. The Morgan fingerprint density at radius 3 is 2.76 bits per heavy atom. The van der Waals surface area contributed by atoms with Crippen LogP contribution in [-0.4, -0.2) is 17.2 Å². The Bertz CT molecular complexity index is 525. The molecule has 90 valence electrons. The van der Waals surface area contributed by atoms with Gasteiger partial charge in [0.05, 0.1) is 23.4 Å². The zero-order valence-electron chi connectivity index (χ0n) is 9.48. The molecule has 0 saturated heterocycles. The Labute approximate surface area is 112 Å². The fourth-order valence-corrected chi connectivity index (χ4v) is 2.85. The van der Waals surface area contributed by atoms with Gasteiger partial charge in [0.1, 0.15) is 10.8 Å². The second kappa shape index (κ2) is 5.16. The molecule has 2 aromatic rings. The summed E-state index contributed by atoms with van der Waals surface area (Å²) in [6.07, 6.45) is -0.526. The quantitative estimate of drug-likeness (QED) is 0.940. The van der Waals surface area contributed by atoms with Crippen LogP contribution in [0.4, 0.5) is 0 Å². The molecule has 0 fully saturated rings. The summed E-state index contributed by atoms with van der Waals surface area (Å²) in [6, 6.07) is 5.81. The van der Waals surface area contributed by atoms with E-state index in [4.69, 9.17) is 4.74 Å². The molecule has 0 saturated carbocycles. The highest BCUT2D eigenvalue weighted by atomic mass is 79.9. The van der Waals surface area contributed by atoms with Crippen molar-refractivity contribution in [2.45, 2.75) is 13.0 Å². The average molecular weight is 314 g/mol. The number of benzene rings is 1. The van der Waals surface area contributed by atoms with Gasteiger partial charge < -0.3 is 9.84 Å². The largest absolute Gasteiger partial charge is 0.496 e. The molecule has 1 atom stereocenters. The summed E-state index contributed by atoms with van der Waals surface area (Å²) < 4.78 is 6.07. The number of ether oxygens (including phenoxy) is 1. The fraction of sp³-hybridized carbons (Fsp3) is 0.250. The van der Waals surface area contributed by atoms with E-state index in [9.17, 15) is 5.11 Å². The molecular weight excluding hydrogens is 302 g/mol. The number of halogens is 1. The van der Waals surface area contributed by atoms with Gasteiger partial charge in [0.15, 0.2) is 0 Å². The third-order valence-electron chi connectivity index (χ3n) is 2.35. The molecule has 5 heteroatoms. The highest BCUT2D eigenvalue weighted by Crippen LogP contribution is 2.32. The van der Waals surface area contributed by atoms with Crippen LogP contribution in [-0.2, 0) is 0 Å². The van der Waals surface area contributed by atoms with Crippen molar-refractivity contribution in [2.24, 2.45) is 0 Å². The van der Waals surface area contributed by atoms with Crippen molar-refractivity contribution in [1.29, 1.82) is 0 Å². The van der Waals surface area contributed by atoms with Crippen LogP contribution in [0.25, 0.3) is 10.6 Å². The molecule has 17 heavy (non-hydrogen) atoms. The minimum absolute atomic E-state index is 0.526. The summed E-state index contributed by atoms with van der Waals surface area (Å²) in [5.74, 6) is 0.793. The molecule has 1 unspecified atom stereocenters. The number of aromatic nitrogens is 1. The second-order valence-electron chi connectivity index (χ2n) is 3.60. The fourth-order valence-electron chi connectivity index (χ4n) is 1.41. The van der Waals surface area contributed by atoms with E-state index in [2.05, 4.69) is 20.9 Å². The van der Waals surface area contributed by atoms with E-state index < -0.39 is 6.10 Å². The Kier molecular flexibility index (Phi) is 3.81. The lowest BCUT2D eigenvalue weighted by molar-refractivity contribution is 0.195. The lowest BCUT2D eigenvalue weighted by atomic mass is 10.2. The normalized spacial score (nSPS) is 12.5. The van der Waals surface area contributed by atoms with Gasteiger partial charge >= 0.3 is 0 Å². The summed E-state index contributed by atoms with van der Waals surface area (Å²) in [6.45, 7) is 1.71. The minimum Gasteiger partial charge on any atom is -0.496 e. The minimum atomic E-state index is -0.526. The molecule has 0 aliphatic heterocycles. The molecule has 1 heterocycles. The first kappa shape index (κ1) is 12.5. The van der Waals surface area contributed by atoms with Gasteiger partial charge in [-0.25, -0.2) is 4.98 Å². The number of aliphatic hydroxyl groups is 1. The third kappa shape index (κ3) is 2.68. The maximum absolute atomic E-state index is 9.44. The summed E-state index contributed by atoms with van der Waals surface area (Å²) in [5, 5.41) is 12.2. The molecule has 0 amide bonds. The standard InChI is InChI=1S/C12H12BrNO2S/c1-7(15)10-6-17-12(14-10)8-3-4-11(16-2)9(13)5-8/h3-7,15H,1-2H3. The van der Waals surface area contributed by atoms with E-state index in [0.717, 1.165) is 20.8 Å². The molecule has 0 radical (unpaired) electrons. The Morgan fingerprint density at radius 1 is 1.47 bits per heavy atom.